The first-order valence-corrected chi connectivity index (χ1v) is 12.0. The quantitative estimate of drug-likeness (QED) is 0.647. The Morgan fingerprint density at radius 3 is 2.40 bits per heavy atom. The number of benzene rings is 1. The van der Waals surface area contributed by atoms with Crippen molar-refractivity contribution in [2.75, 3.05) is 51.8 Å². The highest BCUT2D eigenvalue weighted by Crippen LogP contribution is 2.46. The van der Waals surface area contributed by atoms with Gasteiger partial charge in [0.1, 0.15) is 6.04 Å². The first-order chi connectivity index (χ1) is 16.5. The molecule has 1 atom stereocenters. The maximum atomic E-state index is 13.4. The van der Waals surface area contributed by atoms with E-state index in [9.17, 15) is 22.8 Å². The van der Waals surface area contributed by atoms with Crippen LogP contribution in [0.15, 0.2) is 18.2 Å². The number of carbonyl (C=O) groups excluding carboxylic acids is 2. The Balaban J connectivity index is 1.51. The minimum absolute atomic E-state index is 0.00900. The van der Waals surface area contributed by atoms with Crippen LogP contribution in [0, 0.1) is 22.7 Å². The van der Waals surface area contributed by atoms with E-state index in [-0.39, 0.29) is 23.1 Å². The molecule has 190 valence electrons. The first kappa shape index (κ1) is 25.3. The van der Waals surface area contributed by atoms with Crippen molar-refractivity contribution in [2.24, 2.45) is 11.3 Å². The summed E-state index contributed by atoms with van der Waals surface area (Å²) in [6.45, 7) is 2.61. The van der Waals surface area contributed by atoms with Crippen LogP contribution in [0.25, 0.3) is 0 Å². The molecule has 4 rings (SSSR count). The lowest BCUT2D eigenvalue weighted by Gasteiger charge is -2.40. The van der Waals surface area contributed by atoms with Crippen LogP contribution in [-0.2, 0) is 20.5 Å². The highest BCUT2D eigenvalue weighted by molar-refractivity contribution is 5.89. The molecule has 2 amide bonds. The molecule has 0 aromatic heterocycles. The van der Waals surface area contributed by atoms with Gasteiger partial charge in [0.15, 0.2) is 0 Å². The number of likely N-dealkylation sites (tertiary alicyclic amines) is 1. The molecule has 10 heteroatoms. The number of hydrogen-bond acceptors (Lipinski definition) is 5. The van der Waals surface area contributed by atoms with Gasteiger partial charge < -0.3 is 19.4 Å². The molecular formula is C25H31F3N4O3. The zero-order valence-corrected chi connectivity index (χ0v) is 20.1. The van der Waals surface area contributed by atoms with Gasteiger partial charge in [0.25, 0.3) is 0 Å². The van der Waals surface area contributed by atoms with Crippen LogP contribution in [0.4, 0.5) is 18.9 Å². The number of anilines is 1. The third-order valence-corrected chi connectivity index (χ3v) is 7.71. The Bertz CT molecular complexity index is 1010. The molecule has 3 aliphatic rings. The fourth-order valence-electron chi connectivity index (χ4n) is 5.65. The third-order valence-electron chi connectivity index (χ3n) is 7.71. The summed E-state index contributed by atoms with van der Waals surface area (Å²) in [7, 11) is 3.38. The Morgan fingerprint density at radius 1 is 1.17 bits per heavy atom. The summed E-state index contributed by atoms with van der Waals surface area (Å²) in [5.74, 6) is -0.225. The molecule has 35 heavy (non-hydrogen) atoms. The van der Waals surface area contributed by atoms with Crippen LogP contribution in [0.1, 0.15) is 43.2 Å². The number of piperidine rings is 1. The lowest BCUT2D eigenvalue weighted by molar-refractivity contribution is -0.146. The lowest BCUT2D eigenvalue weighted by Crippen LogP contribution is -2.48. The lowest BCUT2D eigenvalue weighted by atomic mass is 9.76. The highest BCUT2D eigenvalue weighted by Gasteiger charge is 2.51. The van der Waals surface area contributed by atoms with Gasteiger partial charge in [0.2, 0.25) is 11.8 Å². The highest BCUT2D eigenvalue weighted by atomic mass is 19.4. The number of rotatable bonds is 3. The predicted octanol–water partition coefficient (Wildman–Crippen LogP) is 3.28. The summed E-state index contributed by atoms with van der Waals surface area (Å²) in [4.78, 5) is 31.6. The maximum absolute atomic E-state index is 13.4. The molecule has 0 aliphatic carbocycles. The normalized spacial score (nSPS) is 22.8. The average molecular weight is 493 g/mol. The molecule has 3 saturated heterocycles. The van der Waals surface area contributed by atoms with Crippen LogP contribution in [0.5, 0.6) is 0 Å². The molecule has 1 spiro atoms. The van der Waals surface area contributed by atoms with Crippen molar-refractivity contribution in [3.8, 4) is 6.07 Å². The number of amides is 2. The van der Waals surface area contributed by atoms with E-state index in [1.165, 1.54) is 11.0 Å². The van der Waals surface area contributed by atoms with Crippen LogP contribution >= 0.6 is 0 Å². The molecule has 0 N–H and O–H groups in total. The van der Waals surface area contributed by atoms with E-state index in [2.05, 4.69) is 0 Å². The van der Waals surface area contributed by atoms with Crippen molar-refractivity contribution in [1.29, 1.82) is 5.26 Å². The summed E-state index contributed by atoms with van der Waals surface area (Å²) in [6, 6.07) is 4.93. The number of nitriles is 1. The topological polar surface area (TPSA) is 76.9 Å². The van der Waals surface area contributed by atoms with E-state index in [0.29, 0.717) is 70.6 Å². The van der Waals surface area contributed by atoms with E-state index < -0.39 is 23.3 Å². The smallest absolute Gasteiger partial charge is 0.381 e. The Kier molecular flexibility index (Phi) is 7.00. The van der Waals surface area contributed by atoms with Gasteiger partial charge in [-0.3, -0.25) is 9.59 Å². The molecule has 1 unspecified atom stereocenters. The Labute approximate surface area is 203 Å². The van der Waals surface area contributed by atoms with Crippen molar-refractivity contribution in [1.82, 2.24) is 9.80 Å². The van der Waals surface area contributed by atoms with E-state index in [1.54, 1.807) is 31.1 Å². The summed E-state index contributed by atoms with van der Waals surface area (Å²) < 4.78 is 45.7. The second kappa shape index (κ2) is 9.69. The molecule has 3 fully saturated rings. The molecule has 3 heterocycles. The molecule has 3 aliphatic heterocycles. The van der Waals surface area contributed by atoms with Gasteiger partial charge in [0.05, 0.1) is 17.2 Å². The zero-order chi connectivity index (χ0) is 25.4. The number of hydrogen-bond donors (Lipinski definition) is 0. The van der Waals surface area contributed by atoms with Crippen molar-refractivity contribution >= 4 is 17.5 Å². The monoisotopic (exact) mass is 492 g/mol. The Morgan fingerprint density at radius 2 is 1.83 bits per heavy atom. The van der Waals surface area contributed by atoms with Crippen molar-refractivity contribution in [3.05, 3.63) is 29.3 Å². The molecule has 1 aromatic carbocycles. The van der Waals surface area contributed by atoms with Gasteiger partial charge in [-0.25, -0.2) is 0 Å². The van der Waals surface area contributed by atoms with Crippen molar-refractivity contribution < 1.29 is 27.5 Å². The standard InChI is InChI=1S/C25H31F3N4O3/c1-30(2)23(34)21-14-24(16-32(21)22(33)17-5-11-35-12-6-17)7-9-31(10-8-24)19-4-3-18(15-29)20(13-19)25(26,27)28/h3-4,13,17,21H,5-12,14,16H2,1-2H3. The Hall–Kier alpha value is -2.80. The van der Waals surface area contributed by atoms with Gasteiger partial charge in [-0.2, -0.15) is 18.4 Å². The number of alkyl halides is 3. The zero-order valence-electron chi connectivity index (χ0n) is 20.1. The summed E-state index contributed by atoms with van der Waals surface area (Å²) in [5.41, 5.74) is -1.13. The van der Waals surface area contributed by atoms with E-state index in [0.717, 1.165) is 6.07 Å². The van der Waals surface area contributed by atoms with Gasteiger partial charge >= 0.3 is 6.18 Å². The molecule has 0 bridgehead atoms. The van der Waals surface area contributed by atoms with E-state index in [4.69, 9.17) is 10.00 Å². The second-order valence-electron chi connectivity index (χ2n) is 10.1. The van der Waals surface area contributed by atoms with Gasteiger partial charge in [-0.1, -0.05) is 0 Å². The minimum Gasteiger partial charge on any atom is -0.381 e. The second-order valence-corrected chi connectivity index (χ2v) is 10.1. The first-order valence-electron chi connectivity index (χ1n) is 12.0. The maximum Gasteiger partial charge on any atom is 0.417 e. The fraction of sp³-hybridized carbons (Fsp3) is 0.640. The largest absolute Gasteiger partial charge is 0.417 e. The average Bonchev–Trinajstić information content (AvgIpc) is 3.22. The summed E-state index contributed by atoms with van der Waals surface area (Å²) >= 11 is 0. The number of likely N-dealkylation sites (N-methyl/N-ethyl adjacent to an activating group) is 1. The number of ether oxygens (including phenoxy) is 1. The molecule has 1 aromatic rings. The van der Waals surface area contributed by atoms with Gasteiger partial charge in [0, 0.05) is 58.5 Å². The number of nitrogens with zero attached hydrogens (tertiary/aromatic N) is 4. The minimum atomic E-state index is -4.60. The molecule has 0 saturated carbocycles. The van der Waals surface area contributed by atoms with Gasteiger partial charge in [-0.15, -0.1) is 0 Å². The summed E-state index contributed by atoms with van der Waals surface area (Å²) in [6.07, 6.45) is -1.40. The summed E-state index contributed by atoms with van der Waals surface area (Å²) in [5, 5.41) is 9.06. The van der Waals surface area contributed by atoms with Crippen LogP contribution in [0.2, 0.25) is 0 Å². The van der Waals surface area contributed by atoms with Crippen LogP contribution < -0.4 is 4.90 Å². The molecule has 7 nitrogen and oxygen atoms in total. The van der Waals surface area contributed by atoms with Crippen LogP contribution in [0.3, 0.4) is 0 Å². The van der Waals surface area contributed by atoms with Crippen molar-refractivity contribution in [3.63, 3.8) is 0 Å². The number of carbonyl (C=O) groups is 2. The number of halogens is 3. The SMILES string of the molecule is CN(C)C(=O)C1CC2(CCN(c3ccc(C#N)c(C(F)(F)F)c3)CC2)CN1C(=O)C1CCOCC1. The van der Waals surface area contributed by atoms with Crippen LogP contribution in [-0.4, -0.2) is 74.6 Å². The molecular weight excluding hydrogens is 461 g/mol. The predicted molar refractivity (Wildman–Crippen MR) is 122 cm³/mol. The molecule has 0 radical (unpaired) electrons. The fourth-order valence-corrected chi connectivity index (χ4v) is 5.65. The van der Waals surface area contributed by atoms with Gasteiger partial charge in [-0.05, 0) is 55.7 Å². The third kappa shape index (κ3) is 5.10. The van der Waals surface area contributed by atoms with E-state index in [1.807, 2.05) is 4.90 Å². The van der Waals surface area contributed by atoms with E-state index >= 15 is 0 Å². The van der Waals surface area contributed by atoms with Crippen molar-refractivity contribution in [2.45, 2.75) is 44.3 Å².